The maximum Gasteiger partial charge on any atom is 0.338 e. The van der Waals surface area contributed by atoms with Crippen molar-refractivity contribution in [2.24, 2.45) is 0 Å². The number of aryl methyl sites for hydroxylation is 1. The predicted octanol–water partition coefficient (Wildman–Crippen LogP) is 4.97. The summed E-state index contributed by atoms with van der Waals surface area (Å²) in [6, 6.07) is 17.9. The number of carbonyl (C=O) groups is 2. The van der Waals surface area contributed by atoms with E-state index in [1.54, 1.807) is 80.6 Å². The molecule has 0 atom stereocenters. The molecule has 0 unspecified atom stereocenters. The van der Waals surface area contributed by atoms with Gasteiger partial charge in [0.25, 0.3) is 15.9 Å². The summed E-state index contributed by atoms with van der Waals surface area (Å²) >= 11 is 1.54. The van der Waals surface area contributed by atoms with Crippen LogP contribution >= 0.6 is 11.8 Å². The van der Waals surface area contributed by atoms with Gasteiger partial charge in [-0.25, -0.2) is 13.2 Å². The van der Waals surface area contributed by atoms with Crippen LogP contribution < -0.4 is 9.62 Å². The van der Waals surface area contributed by atoms with Crippen LogP contribution in [-0.2, 0) is 14.8 Å². The van der Waals surface area contributed by atoms with Gasteiger partial charge in [-0.1, -0.05) is 0 Å². The van der Waals surface area contributed by atoms with Gasteiger partial charge in [-0.3, -0.25) is 9.10 Å². The number of anilines is 2. The normalized spacial score (nSPS) is 11.1. The van der Waals surface area contributed by atoms with Gasteiger partial charge in [0.1, 0.15) is 0 Å². The Bertz CT molecular complexity index is 1290. The summed E-state index contributed by atoms with van der Waals surface area (Å²) in [5.74, 6) is -0.768. The predicted molar refractivity (Wildman–Crippen MR) is 135 cm³/mol. The number of nitrogens with zero attached hydrogens (tertiary/aromatic N) is 1. The van der Waals surface area contributed by atoms with Gasteiger partial charge >= 0.3 is 5.97 Å². The van der Waals surface area contributed by atoms with Crippen LogP contribution in [0.25, 0.3) is 0 Å². The molecule has 3 aromatic rings. The number of nitrogens with one attached hydrogen (secondary N) is 1. The van der Waals surface area contributed by atoms with Crippen LogP contribution in [0.2, 0.25) is 0 Å². The van der Waals surface area contributed by atoms with Crippen molar-refractivity contribution in [3.8, 4) is 0 Å². The van der Waals surface area contributed by atoms with Crippen molar-refractivity contribution >= 4 is 45.0 Å². The van der Waals surface area contributed by atoms with Gasteiger partial charge in [0.15, 0.2) is 0 Å². The van der Waals surface area contributed by atoms with E-state index >= 15 is 0 Å². The molecule has 0 bridgehead atoms. The maximum atomic E-state index is 13.0. The number of esters is 1. The highest BCUT2D eigenvalue weighted by Gasteiger charge is 2.21. The minimum Gasteiger partial charge on any atom is -0.462 e. The van der Waals surface area contributed by atoms with Crippen molar-refractivity contribution in [1.29, 1.82) is 0 Å². The summed E-state index contributed by atoms with van der Waals surface area (Å²) in [5.41, 5.74) is 2.49. The summed E-state index contributed by atoms with van der Waals surface area (Å²) < 4.78 is 32.1. The number of sulfonamides is 1. The zero-order chi connectivity index (χ0) is 24.9. The molecule has 34 heavy (non-hydrogen) atoms. The first-order valence-electron chi connectivity index (χ1n) is 10.5. The molecule has 0 saturated carbocycles. The zero-order valence-corrected chi connectivity index (χ0v) is 21.0. The Morgan fingerprint density at radius 1 is 0.971 bits per heavy atom. The van der Waals surface area contributed by atoms with E-state index in [4.69, 9.17) is 4.74 Å². The highest BCUT2D eigenvalue weighted by Crippen LogP contribution is 2.25. The lowest BCUT2D eigenvalue weighted by Crippen LogP contribution is -2.26. The summed E-state index contributed by atoms with van der Waals surface area (Å²) in [5, 5.41) is 2.82. The molecule has 1 amide bonds. The molecule has 0 fully saturated rings. The largest absolute Gasteiger partial charge is 0.462 e. The quantitative estimate of drug-likeness (QED) is 0.348. The molecular formula is C25H26N2O5S2. The van der Waals surface area contributed by atoms with Gasteiger partial charge < -0.3 is 10.1 Å². The van der Waals surface area contributed by atoms with E-state index in [1.165, 1.54) is 23.1 Å². The Labute approximate surface area is 204 Å². The molecule has 178 valence electrons. The fraction of sp³-hybridized carbons (Fsp3) is 0.200. The number of hydrogen-bond acceptors (Lipinski definition) is 6. The summed E-state index contributed by atoms with van der Waals surface area (Å²) in [7, 11) is -2.26. The third kappa shape index (κ3) is 5.60. The number of thioether (sulfide) groups is 1. The molecule has 7 nitrogen and oxygen atoms in total. The molecule has 3 aromatic carbocycles. The van der Waals surface area contributed by atoms with Crippen molar-refractivity contribution in [3.05, 3.63) is 83.4 Å². The topological polar surface area (TPSA) is 92.8 Å². The van der Waals surface area contributed by atoms with Crippen molar-refractivity contribution in [3.63, 3.8) is 0 Å². The molecule has 0 aliphatic rings. The average Bonchev–Trinajstić information content (AvgIpc) is 2.85. The van der Waals surface area contributed by atoms with Crippen LogP contribution in [0.3, 0.4) is 0 Å². The number of ether oxygens (including phenoxy) is 1. The number of benzene rings is 3. The highest BCUT2D eigenvalue weighted by atomic mass is 32.2. The molecule has 0 aromatic heterocycles. The maximum absolute atomic E-state index is 13.0. The Kier molecular flexibility index (Phi) is 8.01. The Morgan fingerprint density at radius 2 is 1.59 bits per heavy atom. The van der Waals surface area contributed by atoms with Gasteiger partial charge in [-0.05, 0) is 92.4 Å². The number of rotatable bonds is 8. The van der Waals surface area contributed by atoms with Crippen LogP contribution in [0.5, 0.6) is 0 Å². The van der Waals surface area contributed by atoms with Gasteiger partial charge in [-0.2, -0.15) is 0 Å². The van der Waals surface area contributed by atoms with Crippen molar-refractivity contribution in [1.82, 2.24) is 0 Å². The molecule has 0 heterocycles. The third-order valence-electron chi connectivity index (χ3n) is 5.20. The van der Waals surface area contributed by atoms with E-state index in [0.29, 0.717) is 28.1 Å². The van der Waals surface area contributed by atoms with E-state index in [2.05, 4.69) is 5.32 Å². The average molecular weight is 499 g/mol. The standard InChI is InChI=1S/C25H26N2O5S2/c1-5-32-25(29)19-8-15-23(17(2)16-19)26-24(28)18-6-9-20(10-7-18)27(3)34(30,31)22-13-11-21(33-4)12-14-22/h6-16H,5H2,1-4H3,(H,26,28). The Morgan fingerprint density at radius 3 is 2.15 bits per heavy atom. The molecule has 0 radical (unpaired) electrons. The van der Waals surface area contributed by atoms with Gasteiger partial charge in [-0.15, -0.1) is 11.8 Å². The fourth-order valence-electron chi connectivity index (χ4n) is 3.21. The molecule has 1 N–H and O–H groups in total. The van der Waals surface area contributed by atoms with Crippen molar-refractivity contribution in [2.45, 2.75) is 23.6 Å². The fourth-order valence-corrected chi connectivity index (χ4v) is 4.81. The lowest BCUT2D eigenvalue weighted by Gasteiger charge is -2.20. The second-order valence-corrected chi connectivity index (χ2v) is 10.2. The first-order chi connectivity index (χ1) is 16.2. The lowest BCUT2D eigenvalue weighted by atomic mass is 10.1. The van der Waals surface area contributed by atoms with E-state index in [0.717, 1.165) is 4.90 Å². The first kappa shape index (κ1) is 25.3. The van der Waals surface area contributed by atoms with E-state index in [9.17, 15) is 18.0 Å². The Balaban J connectivity index is 1.73. The summed E-state index contributed by atoms with van der Waals surface area (Å²) in [6.07, 6.45) is 1.92. The second-order valence-electron chi connectivity index (χ2n) is 7.40. The van der Waals surface area contributed by atoms with Crippen molar-refractivity contribution < 1.29 is 22.7 Å². The number of carbonyl (C=O) groups excluding carboxylic acids is 2. The molecule has 9 heteroatoms. The van der Waals surface area contributed by atoms with Gasteiger partial charge in [0.05, 0.1) is 22.8 Å². The van der Waals surface area contributed by atoms with Crippen LogP contribution in [0.1, 0.15) is 33.2 Å². The van der Waals surface area contributed by atoms with Gasteiger partial charge in [0, 0.05) is 23.2 Å². The minimum absolute atomic E-state index is 0.191. The number of hydrogen-bond donors (Lipinski definition) is 1. The monoisotopic (exact) mass is 498 g/mol. The van der Waals surface area contributed by atoms with Crippen LogP contribution in [-0.4, -0.2) is 40.2 Å². The van der Waals surface area contributed by atoms with Crippen molar-refractivity contribution in [2.75, 3.05) is 29.5 Å². The van der Waals surface area contributed by atoms with Crippen LogP contribution in [0.4, 0.5) is 11.4 Å². The molecule has 0 spiro atoms. The second kappa shape index (κ2) is 10.8. The lowest BCUT2D eigenvalue weighted by molar-refractivity contribution is 0.0526. The Hall–Kier alpha value is -3.30. The number of amides is 1. The first-order valence-corrected chi connectivity index (χ1v) is 13.2. The van der Waals surface area contributed by atoms with Crippen LogP contribution in [0, 0.1) is 6.92 Å². The SMILES string of the molecule is CCOC(=O)c1ccc(NC(=O)c2ccc(N(C)S(=O)(=O)c3ccc(SC)cc3)cc2)c(C)c1. The molecule has 3 rings (SSSR count). The van der Waals surface area contributed by atoms with Crippen LogP contribution in [0.15, 0.2) is 76.5 Å². The molecule has 0 aliphatic carbocycles. The summed E-state index contributed by atoms with van der Waals surface area (Å²) in [4.78, 5) is 25.7. The smallest absolute Gasteiger partial charge is 0.338 e. The third-order valence-corrected chi connectivity index (χ3v) is 7.74. The molecule has 0 aliphatic heterocycles. The zero-order valence-electron chi connectivity index (χ0n) is 19.4. The van der Waals surface area contributed by atoms with Gasteiger partial charge in [0.2, 0.25) is 0 Å². The highest BCUT2D eigenvalue weighted by molar-refractivity contribution is 7.98. The van der Waals surface area contributed by atoms with E-state index in [1.807, 2.05) is 6.26 Å². The van der Waals surface area contributed by atoms with E-state index < -0.39 is 16.0 Å². The van der Waals surface area contributed by atoms with E-state index in [-0.39, 0.29) is 17.4 Å². The minimum atomic E-state index is -3.73. The molecular weight excluding hydrogens is 472 g/mol. The molecule has 0 saturated heterocycles. The summed E-state index contributed by atoms with van der Waals surface area (Å²) in [6.45, 7) is 3.81.